The third-order valence-corrected chi connectivity index (χ3v) is 5.18. The molecule has 0 amide bonds. The van der Waals surface area contributed by atoms with Gasteiger partial charge in [0.2, 0.25) is 0 Å². The second-order valence-corrected chi connectivity index (χ2v) is 7.40. The van der Waals surface area contributed by atoms with Gasteiger partial charge >= 0.3 is 0 Å². The summed E-state index contributed by atoms with van der Waals surface area (Å²) in [4.78, 5) is 0. The lowest BCUT2D eigenvalue weighted by Crippen LogP contribution is -2.39. The molecule has 0 heterocycles. The Morgan fingerprint density at radius 2 is 1.89 bits per heavy atom. The Morgan fingerprint density at radius 3 is 2.50 bits per heavy atom. The third-order valence-electron chi connectivity index (χ3n) is 3.60. The summed E-state index contributed by atoms with van der Waals surface area (Å²) in [6.07, 6.45) is 6.94. The summed E-state index contributed by atoms with van der Waals surface area (Å²) >= 11 is 0. The predicted molar refractivity (Wildman–Crippen MR) is 72.5 cm³/mol. The zero-order valence-corrected chi connectivity index (χ0v) is 12.0. The first-order valence-corrected chi connectivity index (χ1v) is 8.46. The van der Waals surface area contributed by atoms with Crippen LogP contribution in [-0.2, 0) is 10.2 Å². The molecule has 0 atom stereocenters. The Kier molecular flexibility index (Phi) is 5.00. The molecule has 0 aromatic rings. The number of hydrogen-bond donors (Lipinski definition) is 2. The molecule has 2 N–H and O–H groups in total. The van der Waals surface area contributed by atoms with Gasteiger partial charge in [-0.05, 0) is 38.1 Å². The second kappa shape index (κ2) is 6.32. The van der Waals surface area contributed by atoms with Crippen molar-refractivity contribution in [2.24, 2.45) is 5.92 Å². The van der Waals surface area contributed by atoms with Crippen molar-refractivity contribution < 1.29 is 8.42 Å². The molecule has 5 nitrogen and oxygen atoms in total. The highest BCUT2D eigenvalue weighted by molar-refractivity contribution is 7.87. The maximum absolute atomic E-state index is 11.9. The maximum atomic E-state index is 11.9. The van der Waals surface area contributed by atoms with Crippen molar-refractivity contribution in [3.63, 3.8) is 0 Å². The van der Waals surface area contributed by atoms with Crippen LogP contribution >= 0.6 is 0 Å². The van der Waals surface area contributed by atoms with Gasteiger partial charge in [-0.2, -0.15) is 12.7 Å². The van der Waals surface area contributed by atoms with Gasteiger partial charge in [0.15, 0.2) is 0 Å². The summed E-state index contributed by atoms with van der Waals surface area (Å²) in [6, 6.07) is 0.698. The minimum absolute atomic E-state index is 0.581. The Morgan fingerprint density at radius 1 is 1.17 bits per heavy atom. The van der Waals surface area contributed by atoms with Gasteiger partial charge < -0.3 is 5.32 Å². The van der Waals surface area contributed by atoms with Crippen LogP contribution in [-0.4, -0.2) is 45.4 Å². The van der Waals surface area contributed by atoms with Gasteiger partial charge in [0.25, 0.3) is 10.2 Å². The molecule has 18 heavy (non-hydrogen) atoms. The van der Waals surface area contributed by atoms with Crippen LogP contribution in [0, 0.1) is 5.92 Å². The standard InChI is InChI=1S/C12H25N3O2S/c1-15(10-2-8-13-12-5-6-12)18(16,17)14-9-7-11-3-4-11/h11-14H,2-10H2,1H3. The molecular formula is C12H25N3O2S. The van der Waals surface area contributed by atoms with E-state index in [0.717, 1.165) is 25.3 Å². The van der Waals surface area contributed by atoms with Crippen LogP contribution in [0.3, 0.4) is 0 Å². The van der Waals surface area contributed by atoms with E-state index < -0.39 is 10.2 Å². The molecule has 0 aliphatic heterocycles. The normalized spacial score (nSPS) is 20.6. The third kappa shape index (κ3) is 5.22. The van der Waals surface area contributed by atoms with E-state index in [1.165, 1.54) is 30.0 Å². The molecule has 6 heteroatoms. The molecule has 2 aliphatic rings. The first-order chi connectivity index (χ1) is 8.58. The zero-order chi connectivity index (χ0) is 13.0. The summed E-state index contributed by atoms with van der Waals surface area (Å²) in [5, 5.41) is 3.39. The average molecular weight is 275 g/mol. The van der Waals surface area contributed by atoms with E-state index >= 15 is 0 Å². The number of rotatable bonds is 10. The van der Waals surface area contributed by atoms with Gasteiger partial charge in [0, 0.05) is 26.2 Å². The van der Waals surface area contributed by atoms with Crippen LogP contribution in [0.4, 0.5) is 0 Å². The van der Waals surface area contributed by atoms with Crippen molar-refractivity contribution >= 4 is 10.2 Å². The minimum Gasteiger partial charge on any atom is -0.314 e. The van der Waals surface area contributed by atoms with E-state index in [1.807, 2.05) is 0 Å². The SMILES string of the molecule is CN(CCCNC1CC1)S(=O)(=O)NCCC1CC1. The summed E-state index contributed by atoms with van der Waals surface area (Å²) in [5.74, 6) is 0.765. The lowest BCUT2D eigenvalue weighted by Gasteiger charge is -2.17. The molecule has 0 bridgehead atoms. The quantitative estimate of drug-likeness (QED) is 0.577. The van der Waals surface area contributed by atoms with Gasteiger partial charge in [0.1, 0.15) is 0 Å². The molecule has 0 spiro atoms. The van der Waals surface area contributed by atoms with E-state index in [4.69, 9.17) is 0 Å². The fourth-order valence-electron chi connectivity index (χ4n) is 1.92. The van der Waals surface area contributed by atoms with Crippen molar-refractivity contribution in [1.29, 1.82) is 0 Å². The van der Waals surface area contributed by atoms with Crippen LogP contribution < -0.4 is 10.0 Å². The van der Waals surface area contributed by atoms with Gasteiger partial charge in [-0.3, -0.25) is 0 Å². The molecule has 0 aromatic heterocycles. The Balaban J connectivity index is 1.56. The Bertz CT molecular complexity index is 350. The summed E-state index contributed by atoms with van der Waals surface area (Å²) in [5.41, 5.74) is 0. The van der Waals surface area contributed by atoms with Crippen molar-refractivity contribution in [2.45, 2.75) is 44.6 Å². The van der Waals surface area contributed by atoms with Crippen molar-refractivity contribution in [3.05, 3.63) is 0 Å². The first-order valence-electron chi connectivity index (χ1n) is 7.02. The molecule has 2 rings (SSSR count). The summed E-state index contributed by atoms with van der Waals surface area (Å²) in [7, 11) is -1.61. The first kappa shape index (κ1) is 14.2. The molecule has 0 saturated heterocycles. The summed E-state index contributed by atoms with van der Waals surface area (Å²) < 4.78 is 27.8. The minimum atomic E-state index is -3.26. The maximum Gasteiger partial charge on any atom is 0.279 e. The fourth-order valence-corrected chi connectivity index (χ4v) is 2.89. The summed E-state index contributed by atoms with van der Waals surface area (Å²) in [6.45, 7) is 2.07. The molecule has 2 fully saturated rings. The van der Waals surface area contributed by atoms with Gasteiger partial charge in [-0.25, -0.2) is 4.72 Å². The number of hydrogen-bond acceptors (Lipinski definition) is 3. The Hall–Kier alpha value is -0.170. The van der Waals surface area contributed by atoms with Crippen LogP contribution in [0.25, 0.3) is 0 Å². The molecule has 106 valence electrons. The largest absolute Gasteiger partial charge is 0.314 e. The van der Waals surface area contributed by atoms with Gasteiger partial charge in [0.05, 0.1) is 0 Å². The van der Waals surface area contributed by atoms with Crippen molar-refractivity contribution in [3.8, 4) is 0 Å². The van der Waals surface area contributed by atoms with Gasteiger partial charge in [-0.15, -0.1) is 0 Å². The monoisotopic (exact) mass is 275 g/mol. The van der Waals surface area contributed by atoms with E-state index in [2.05, 4.69) is 10.0 Å². The lowest BCUT2D eigenvalue weighted by molar-refractivity contribution is 0.443. The molecule has 0 radical (unpaired) electrons. The highest BCUT2D eigenvalue weighted by Crippen LogP contribution is 2.31. The predicted octanol–water partition coefficient (Wildman–Crippen LogP) is 0.695. The molecule has 0 aromatic carbocycles. The van der Waals surface area contributed by atoms with E-state index in [9.17, 15) is 8.42 Å². The smallest absolute Gasteiger partial charge is 0.279 e. The lowest BCUT2D eigenvalue weighted by atomic mass is 10.3. The second-order valence-electron chi connectivity index (χ2n) is 5.53. The van der Waals surface area contributed by atoms with Crippen molar-refractivity contribution in [1.82, 2.24) is 14.3 Å². The molecule has 2 aliphatic carbocycles. The van der Waals surface area contributed by atoms with Crippen molar-refractivity contribution in [2.75, 3.05) is 26.7 Å². The van der Waals surface area contributed by atoms with Gasteiger partial charge in [-0.1, -0.05) is 12.8 Å². The zero-order valence-electron chi connectivity index (χ0n) is 11.2. The Labute approximate surface area is 110 Å². The van der Waals surface area contributed by atoms with E-state index in [-0.39, 0.29) is 0 Å². The topological polar surface area (TPSA) is 61.4 Å². The molecule has 2 saturated carbocycles. The van der Waals surface area contributed by atoms with Crippen LogP contribution in [0.1, 0.15) is 38.5 Å². The average Bonchev–Trinajstić information content (AvgIpc) is 3.17. The van der Waals surface area contributed by atoms with Crippen LogP contribution in [0.2, 0.25) is 0 Å². The molecular weight excluding hydrogens is 250 g/mol. The number of nitrogens with one attached hydrogen (secondary N) is 2. The fraction of sp³-hybridized carbons (Fsp3) is 1.00. The highest BCUT2D eigenvalue weighted by Gasteiger charge is 2.23. The molecule has 0 unspecified atom stereocenters. The number of nitrogens with zero attached hydrogens (tertiary/aromatic N) is 1. The highest BCUT2D eigenvalue weighted by atomic mass is 32.2. The van der Waals surface area contributed by atoms with Crippen LogP contribution in [0.5, 0.6) is 0 Å². The van der Waals surface area contributed by atoms with E-state index in [0.29, 0.717) is 19.1 Å². The van der Waals surface area contributed by atoms with Crippen LogP contribution in [0.15, 0.2) is 0 Å². The van der Waals surface area contributed by atoms with E-state index in [1.54, 1.807) is 7.05 Å².